The number of amides is 2. The minimum atomic E-state index is -2.30. The van der Waals surface area contributed by atoms with Gasteiger partial charge in [0.1, 0.15) is 11.5 Å². The van der Waals surface area contributed by atoms with Crippen molar-refractivity contribution in [1.29, 1.82) is 0 Å². The summed E-state index contributed by atoms with van der Waals surface area (Å²) in [6.07, 6.45) is -0.900. The Balaban J connectivity index is 0.968. The van der Waals surface area contributed by atoms with Gasteiger partial charge in [0.25, 0.3) is 11.8 Å². The van der Waals surface area contributed by atoms with Crippen LogP contribution < -0.4 is 15.6 Å². The van der Waals surface area contributed by atoms with E-state index in [4.69, 9.17) is 4.74 Å². The Kier molecular flexibility index (Phi) is 10.7. The number of fused-ring (bicyclic) bond motifs is 1. The van der Waals surface area contributed by atoms with Crippen LogP contribution in [0.25, 0.3) is 10.9 Å². The highest BCUT2D eigenvalue weighted by atomic mass is 16.5. The summed E-state index contributed by atoms with van der Waals surface area (Å²) in [7, 11) is 0. The average molecular weight is 707 g/mol. The fraction of sp³-hybridized carbons (Fsp3) is 0.231. The van der Waals surface area contributed by atoms with Crippen molar-refractivity contribution in [2.24, 2.45) is 0 Å². The number of carbonyl (C=O) groups is 3. The van der Waals surface area contributed by atoms with Crippen LogP contribution in [0.5, 0.6) is 11.5 Å². The van der Waals surface area contributed by atoms with Crippen molar-refractivity contribution in [2.45, 2.75) is 18.2 Å². The molecule has 52 heavy (non-hydrogen) atoms. The molecule has 1 aliphatic rings. The molecule has 2 heterocycles. The first-order chi connectivity index (χ1) is 25.0. The van der Waals surface area contributed by atoms with Crippen molar-refractivity contribution >= 4 is 28.7 Å². The van der Waals surface area contributed by atoms with Gasteiger partial charge in [-0.3, -0.25) is 14.4 Å². The van der Waals surface area contributed by atoms with Crippen molar-refractivity contribution < 1.29 is 39.5 Å². The number of ether oxygens (including phenoxy) is 1. The summed E-state index contributed by atoms with van der Waals surface area (Å²) < 4.78 is 5.70. The molecule has 6 rings (SSSR count). The summed E-state index contributed by atoms with van der Waals surface area (Å²) in [6.45, 7) is 1.65. The lowest BCUT2D eigenvalue weighted by atomic mass is 9.86. The number of phenolic OH excluding ortho intramolecular Hbond substituents is 1. The summed E-state index contributed by atoms with van der Waals surface area (Å²) in [4.78, 5) is 55.9. The highest BCUT2D eigenvalue weighted by Gasteiger charge is 2.40. The fourth-order valence-corrected chi connectivity index (χ4v) is 6.26. The third-order valence-corrected chi connectivity index (χ3v) is 9.17. The van der Waals surface area contributed by atoms with Gasteiger partial charge in [-0.2, -0.15) is 0 Å². The van der Waals surface area contributed by atoms with Gasteiger partial charge in [0, 0.05) is 61.8 Å². The summed E-state index contributed by atoms with van der Waals surface area (Å²) in [6, 6.07) is 27.1. The number of aliphatic carboxylic acids is 1. The summed E-state index contributed by atoms with van der Waals surface area (Å²) >= 11 is 0. The predicted octanol–water partition coefficient (Wildman–Crippen LogP) is 2.74. The lowest BCUT2D eigenvalue weighted by Crippen LogP contribution is -2.51. The summed E-state index contributed by atoms with van der Waals surface area (Å²) in [5, 5.41) is 45.7. The second-order valence-electron chi connectivity index (χ2n) is 12.5. The van der Waals surface area contributed by atoms with E-state index in [0.29, 0.717) is 49.2 Å². The van der Waals surface area contributed by atoms with Crippen LogP contribution in [0, 0.1) is 0 Å². The highest BCUT2D eigenvalue weighted by molar-refractivity contribution is 5.94. The zero-order valence-electron chi connectivity index (χ0n) is 28.1. The van der Waals surface area contributed by atoms with E-state index in [1.54, 1.807) is 64.4 Å². The van der Waals surface area contributed by atoms with Crippen LogP contribution in [0.4, 0.5) is 0 Å². The number of pyridine rings is 1. The molecule has 4 aromatic carbocycles. The Morgan fingerprint density at radius 1 is 0.846 bits per heavy atom. The van der Waals surface area contributed by atoms with Crippen molar-refractivity contribution in [3.8, 4) is 11.5 Å². The van der Waals surface area contributed by atoms with Crippen LogP contribution in [0.2, 0.25) is 0 Å². The monoisotopic (exact) mass is 706 g/mol. The number of aromatic hydroxyl groups is 1. The van der Waals surface area contributed by atoms with Gasteiger partial charge in [0.05, 0.1) is 11.6 Å². The topological polar surface area (TPSA) is 193 Å². The lowest BCUT2D eigenvalue weighted by Gasteiger charge is -2.34. The van der Waals surface area contributed by atoms with E-state index < -0.39 is 17.7 Å². The van der Waals surface area contributed by atoms with E-state index in [1.165, 1.54) is 36.4 Å². The number of nitrogens with zero attached hydrogens (tertiary/aromatic N) is 2. The molecule has 0 saturated carbocycles. The molecular formula is C39H38N4O9. The first-order valence-electron chi connectivity index (χ1n) is 16.7. The van der Waals surface area contributed by atoms with Crippen LogP contribution in [0.3, 0.4) is 0 Å². The van der Waals surface area contributed by atoms with Crippen LogP contribution in [-0.4, -0.2) is 92.3 Å². The number of H-pyrrole nitrogens is 1. The van der Waals surface area contributed by atoms with Gasteiger partial charge in [0.2, 0.25) is 11.2 Å². The number of carboxylic acid groups (broad SMARTS) is 1. The molecule has 1 aliphatic heterocycles. The first kappa shape index (κ1) is 35.8. The number of rotatable bonds is 12. The number of phenols is 1. The van der Waals surface area contributed by atoms with E-state index >= 15 is 0 Å². The Hall–Kier alpha value is -6.02. The van der Waals surface area contributed by atoms with Crippen LogP contribution >= 0.6 is 0 Å². The minimum absolute atomic E-state index is 0.0777. The van der Waals surface area contributed by atoms with E-state index in [0.717, 1.165) is 5.56 Å². The average Bonchev–Trinajstić information content (AvgIpc) is 3.17. The number of hydrogen-bond acceptors (Lipinski definition) is 9. The Morgan fingerprint density at radius 3 is 2.25 bits per heavy atom. The third-order valence-electron chi connectivity index (χ3n) is 9.17. The maximum atomic E-state index is 13.2. The van der Waals surface area contributed by atoms with Gasteiger partial charge >= 0.3 is 5.97 Å². The van der Waals surface area contributed by atoms with Crippen molar-refractivity contribution in [2.75, 3.05) is 39.3 Å². The number of benzene rings is 4. The number of carbonyl (C=O) groups excluding carboxylic acids is 2. The number of piperazine rings is 1. The van der Waals surface area contributed by atoms with E-state index in [9.17, 15) is 39.6 Å². The van der Waals surface area contributed by atoms with Crippen molar-refractivity contribution in [3.63, 3.8) is 0 Å². The van der Waals surface area contributed by atoms with E-state index in [1.807, 2.05) is 12.1 Å². The fourth-order valence-electron chi connectivity index (χ4n) is 6.26. The Labute approximate surface area is 298 Å². The molecule has 0 bridgehead atoms. The smallest absolute Gasteiger partial charge is 0.345 e. The summed E-state index contributed by atoms with van der Waals surface area (Å²) in [5.74, 6) is -1.73. The number of carboxylic acids is 1. The first-order valence-corrected chi connectivity index (χ1v) is 16.7. The van der Waals surface area contributed by atoms with Crippen molar-refractivity contribution in [1.82, 2.24) is 20.1 Å². The normalized spacial score (nSPS) is 14.8. The number of nitrogens with one attached hydrogen (secondary N) is 2. The molecule has 13 heteroatoms. The second kappa shape index (κ2) is 15.5. The lowest BCUT2D eigenvalue weighted by molar-refractivity contribution is -0.155. The molecule has 2 amide bonds. The van der Waals surface area contributed by atoms with E-state index in [-0.39, 0.29) is 58.7 Å². The third kappa shape index (κ3) is 7.66. The Morgan fingerprint density at radius 2 is 1.54 bits per heavy atom. The Bertz CT molecular complexity index is 2130. The maximum absolute atomic E-state index is 13.2. The molecule has 1 fully saturated rings. The van der Waals surface area contributed by atoms with Gasteiger partial charge in [-0.1, -0.05) is 60.7 Å². The van der Waals surface area contributed by atoms with Gasteiger partial charge in [-0.25, -0.2) is 4.79 Å². The molecular weight excluding hydrogens is 668 g/mol. The quantitative estimate of drug-likeness (QED) is 0.112. The number of aliphatic hydroxyl groups excluding tert-OH is 1. The molecule has 0 unspecified atom stereocenters. The second-order valence-corrected chi connectivity index (χ2v) is 12.5. The van der Waals surface area contributed by atoms with Crippen LogP contribution in [-0.2, 0) is 21.7 Å². The molecule has 5 aromatic rings. The van der Waals surface area contributed by atoms with Gasteiger partial charge in [0.15, 0.2) is 6.61 Å². The number of aliphatic hydroxyl groups is 2. The number of hydrogen-bond donors (Lipinski definition) is 6. The van der Waals surface area contributed by atoms with Crippen LogP contribution in [0.1, 0.15) is 38.7 Å². The predicted molar refractivity (Wildman–Crippen MR) is 191 cm³/mol. The van der Waals surface area contributed by atoms with Gasteiger partial charge in [-0.05, 0) is 53.1 Å². The minimum Gasteiger partial charge on any atom is -0.506 e. The largest absolute Gasteiger partial charge is 0.506 e. The highest BCUT2D eigenvalue weighted by Crippen LogP contribution is 2.32. The summed E-state index contributed by atoms with van der Waals surface area (Å²) in [5.41, 5.74) is -0.141. The zero-order valence-corrected chi connectivity index (χ0v) is 28.1. The molecule has 0 aliphatic carbocycles. The number of aromatic nitrogens is 1. The van der Waals surface area contributed by atoms with E-state index in [2.05, 4.69) is 10.3 Å². The molecule has 6 N–H and O–H groups in total. The molecule has 268 valence electrons. The van der Waals surface area contributed by atoms with Crippen molar-refractivity contribution in [3.05, 3.63) is 141 Å². The molecule has 0 spiro atoms. The zero-order chi connectivity index (χ0) is 36.8. The maximum Gasteiger partial charge on any atom is 0.345 e. The molecule has 2 atom stereocenters. The van der Waals surface area contributed by atoms with Gasteiger partial charge < -0.3 is 45.3 Å². The standard InChI is InChI=1S/C39H38N4O9/c44-32-15-13-30(31-14-16-34(46)41-36(31)32)33(45)23-40-22-25-9-11-26(12-10-25)37(48)43-19-17-42(18-20-43)35(47)24-52-29-8-4-7-28(21-29)39(51,38(49)50)27-5-2-1-3-6-27/h1-16,21,33,40,44-45,51H,17-20,22-24H2,(H,41,46)(H,49,50)/t33-,39-/m0/s1. The number of aromatic amines is 1. The van der Waals surface area contributed by atoms with Crippen LogP contribution in [0.15, 0.2) is 108 Å². The molecule has 13 nitrogen and oxygen atoms in total. The molecule has 1 saturated heterocycles. The molecule has 0 radical (unpaired) electrons. The van der Waals surface area contributed by atoms with Gasteiger partial charge in [-0.15, -0.1) is 0 Å². The molecule has 1 aromatic heterocycles. The SMILES string of the molecule is O=C(COc1cccc([C@](O)(C(=O)O)c2ccccc2)c1)N1CCN(C(=O)c2ccc(CNC[C@H](O)c3ccc(O)c4[nH]c(=O)ccc34)cc2)CC1.